The van der Waals surface area contributed by atoms with Crippen molar-refractivity contribution in [3.63, 3.8) is 0 Å². The lowest BCUT2D eigenvalue weighted by atomic mass is 10.2. The number of halogens is 2. The fourth-order valence-electron chi connectivity index (χ4n) is 2.06. The highest BCUT2D eigenvalue weighted by atomic mass is 28.4. The molecule has 0 atom stereocenters. The van der Waals surface area contributed by atoms with E-state index in [2.05, 4.69) is 5.32 Å². The molecule has 0 aliphatic carbocycles. The van der Waals surface area contributed by atoms with Gasteiger partial charge in [0.2, 0.25) is 8.32 Å². The summed E-state index contributed by atoms with van der Waals surface area (Å²) in [6, 6.07) is 2.73. The van der Waals surface area contributed by atoms with E-state index in [-0.39, 0.29) is 5.75 Å². The van der Waals surface area contributed by atoms with Crippen LogP contribution in [-0.2, 0) is 0 Å². The molecule has 0 saturated carbocycles. The normalized spacial score (nSPS) is 16.6. The van der Waals surface area contributed by atoms with Crippen molar-refractivity contribution in [2.45, 2.75) is 19.6 Å². The van der Waals surface area contributed by atoms with Crippen LogP contribution in [0.4, 0.5) is 14.5 Å². The van der Waals surface area contributed by atoms with Crippen LogP contribution in [0.3, 0.4) is 0 Å². The van der Waals surface area contributed by atoms with Crippen LogP contribution in [0.2, 0.25) is 19.6 Å². The summed E-state index contributed by atoms with van der Waals surface area (Å²) in [6.07, 6.45) is 0. The highest BCUT2D eigenvalue weighted by molar-refractivity contribution is 6.70. The highest BCUT2D eigenvalue weighted by Gasteiger charge is 2.23. The molecule has 0 radical (unpaired) electrons. The van der Waals surface area contributed by atoms with E-state index in [9.17, 15) is 8.78 Å². The van der Waals surface area contributed by atoms with E-state index in [1.54, 1.807) is 0 Å². The van der Waals surface area contributed by atoms with Crippen LogP contribution >= 0.6 is 0 Å². The summed E-state index contributed by atoms with van der Waals surface area (Å²) in [5.74, 6) is -1.47. The molecule has 1 aromatic rings. The van der Waals surface area contributed by atoms with Gasteiger partial charge in [-0.2, -0.15) is 0 Å². The third-order valence-electron chi connectivity index (χ3n) is 2.87. The maximum absolute atomic E-state index is 14.0. The van der Waals surface area contributed by atoms with Gasteiger partial charge in [-0.25, -0.2) is 8.78 Å². The van der Waals surface area contributed by atoms with Crippen molar-refractivity contribution >= 4 is 14.0 Å². The van der Waals surface area contributed by atoms with Crippen molar-refractivity contribution in [3.05, 3.63) is 23.8 Å². The van der Waals surface area contributed by atoms with Crippen LogP contribution in [0.1, 0.15) is 0 Å². The molecule has 0 aromatic heterocycles. The molecular weight excluding hydrogens is 266 g/mol. The third kappa shape index (κ3) is 3.67. The maximum atomic E-state index is 14.0. The summed E-state index contributed by atoms with van der Waals surface area (Å²) in [5, 5.41) is 3.21. The zero-order valence-electron chi connectivity index (χ0n) is 11.6. The Morgan fingerprint density at radius 2 is 1.63 bits per heavy atom. The fraction of sp³-hybridized carbons (Fsp3) is 0.538. The first-order valence-electron chi connectivity index (χ1n) is 6.50. The van der Waals surface area contributed by atoms with Crippen molar-refractivity contribution in [3.8, 4) is 5.75 Å². The van der Waals surface area contributed by atoms with Gasteiger partial charge in [-0.3, -0.25) is 0 Å². The summed E-state index contributed by atoms with van der Waals surface area (Å²) in [6.45, 7) is 8.87. The van der Waals surface area contributed by atoms with Gasteiger partial charge in [0.25, 0.3) is 0 Å². The number of hydrogen-bond donors (Lipinski definition) is 1. The molecule has 1 aliphatic heterocycles. The first-order valence-corrected chi connectivity index (χ1v) is 9.91. The number of anilines is 1. The number of nitrogens with one attached hydrogen (secondary N) is 1. The van der Waals surface area contributed by atoms with Gasteiger partial charge in [-0.15, -0.1) is 0 Å². The zero-order chi connectivity index (χ0) is 14.0. The SMILES string of the molecule is C[Si](C)(C)Oc1c(F)cc(N2CCNCC2)cc1F. The van der Waals surface area contributed by atoms with Crippen LogP contribution in [0.25, 0.3) is 0 Å². The maximum Gasteiger partial charge on any atom is 0.242 e. The lowest BCUT2D eigenvalue weighted by molar-refractivity contribution is 0.450. The average molecular weight is 286 g/mol. The van der Waals surface area contributed by atoms with E-state index < -0.39 is 20.0 Å². The van der Waals surface area contributed by atoms with Crippen molar-refractivity contribution in [1.29, 1.82) is 0 Å². The number of hydrogen-bond acceptors (Lipinski definition) is 3. The van der Waals surface area contributed by atoms with Gasteiger partial charge < -0.3 is 14.6 Å². The second-order valence-corrected chi connectivity index (χ2v) is 10.1. The number of piperazine rings is 1. The van der Waals surface area contributed by atoms with Crippen molar-refractivity contribution < 1.29 is 13.2 Å². The second-order valence-electron chi connectivity index (χ2n) is 5.69. The largest absolute Gasteiger partial charge is 0.540 e. The summed E-state index contributed by atoms with van der Waals surface area (Å²) < 4.78 is 33.5. The van der Waals surface area contributed by atoms with Gasteiger partial charge in [-0.1, -0.05) is 0 Å². The molecule has 1 N–H and O–H groups in total. The third-order valence-corrected chi connectivity index (χ3v) is 3.69. The van der Waals surface area contributed by atoms with Gasteiger partial charge in [0.05, 0.1) is 0 Å². The monoisotopic (exact) mass is 286 g/mol. The number of benzene rings is 1. The minimum absolute atomic E-state index is 0.238. The molecule has 0 spiro atoms. The minimum atomic E-state index is -2.02. The van der Waals surface area contributed by atoms with Crippen molar-refractivity contribution in [2.75, 3.05) is 31.1 Å². The van der Waals surface area contributed by atoms with Gasteiger partial charge in [0, 0.05) is 44.0 Å². The van der Waals surface area contributed by atoms with E-state index in [0.717, 1.165) is 26.2 Å². The molecular formula is C13H20F2N2OSi. The Morgan fingerprint density at radius 3 is 2.11 bits per heavy atom. The smallest absolute Gasteiger partial charge is 0.242 e. The summed E-state index contributed by atoms with van der Waals surface area (Å²) >= 11 is 0. The Kier molecular flexibility index (Phi) is 4.10. The number of rotatable bonds is 3. The highest BCUT2D eigenvalue weighted by Crippen LogP contribution is 2.29. The van der Waals surface area contributed by atoms with E-state index in [0.29, 0.717) is 5.69 Å². The lowest BCUT2D eigenvalue weighted by Crippen LogP contribution is -2.43. The predicted octanol–water partition coefficient (Wildman–Crippen LogP) is 2.59. The number of nitrogens with zero attached hydrogens (tertiary/aromatic N) is 1. The van der Waals surface area contributed by atoms with Crippen LogP contribution < -0.4 is 14.6 Å². The molecule has 19 heavy (non-hydrogen) atoms. The van der Waals surface area contributed by atoms with Crippen LogP contribution in [0, 0.1) is 11.6 Å². The Labute approximate surface area is 113 Å². The molecule has 1 fully saturated rings. The van der Waals surface area contributed by atoms with E-state index in [1.165, 1.54) is 12.1 Å². The van der Waals surface area contributed by atoms with Gasteiger partial charge in [0.15, 0.2) is 17.4 Å². The molecule has 1 aliphatic rings. The molecule has 0 bridgehead atoms. The average Bonchev–Trinajstić information content (AvgIpc) is 2.33. The molecule has 2 rings (SSSR count). The molecule has 0 unspecified atom stereocenters. The summed E-state index contributed by atoms with van der Waals surface area (Å²) in [4.78, 5) is 1.97. The van der Waals surface area contributed by atoms with Gasteiger partial charge >= 0.3 is 0 Å². The van der Waals surface area contributed by atoms with E-state index in [4.69, 9.17) is 4.43 Å². The molecule has 106 valence electrons. The Balaban J connectivity index is 2.25. The van der Waals surface area contributed by atoms with Gasteiger partial charge in [0.1, 0.15) is 0 Å². The second kappa shape index (κ2) is 5.46. The van der Waals surface area contributed by atoms with E-state index in [1.807, 2.05) is 24.5 Å². The fourth-order valence-corrected chi connectivity index (χ4v) is 2.86. The Hall–Kier alpha value is -1.14. The summed E-state index contributed by atoms with van der Waals surface area (Å²) in [7, 11) is -2.02. The molecule has 3 nitrogen and oxygen atoms in total. The van der Waals surface area contributed by atoms with Crippen molar-refractivity contribution in [2.24, 2.45) is 0 Å². The Bertz CT molecular complexity index is 433. The summed E-state index contributed by atoms with van der Waals surface area (Å²) in [5.41, 5.74) is 0.583. The standard InChI is InChI=1S/C13H20F2N2OSi/c1-19(2,3)18-13-11(14)8-10(9-12(13)15)17-6-4-16-5-7-17/h8-9,16H,4-7H2,1-3H3. The Morgan fingerprint density at radius 1 is 1.11 bits per heavy atom. The molecule has 0 amide bonds. The predicted molar refractivity (Wildman–Crippen MR) is 75.4 cm³/mol. The first-order chi connectivity index (χ1) is 8.87. The van der Waals surface area contributed by atoms with Crippen LogP contribution in [-0.4, -0.2) is 34.5 Å². The first kappa shape index (κ1) is 14.3. The quantitative estimate of drug-likeness (QED) is 0.864. The minimum Gasteiger partial charge on any atom is -0.540 e. The molecule has 1 aromatic carbocycles. The van der Waals surface area contributed by atoms with E-state index >= 15 is 0 Å². The van der Waals surface area contributed by atoms with Gasteiger partial charge in [-0.05, 0) is 19.6 Å². The zero-order valence-corrected chi connectivity index (χ0v) is 12.6. The topological polar surface area (TPSA) is 24.5 Å². The molecule has 1 heterocycles. The van der Waals surface area contributed by atoms with Crippen LogP contribution in [0.15, 0.2) is 12.1 Å². The van der Waals surface area contributed by atoms with Crippen LogP contribution in [0.5, 0.6) is 5.75 Å². The van der Waals surface area contributed by atoms with Crippen molar-refractivity contribution in [1.82, 2.24) is 5.32 Å². The molecule has 1 saturated heterocycles. The molecule has 6 heteroatoms. The lowest BCUT2D eigenvalue weighted by Gasteiger charge is -2.30.